The van der Waals surface area contributed by atoms with Crippen LogP contribution in [0, 0.1) is 5.92 Å². The number of guanidine groups is 1. The maximum Gasteiger partial charge on any atom is 0.193 e. The predicted molar refractivity (Wildman–Crippen MR) is 101 cm³/mol. The molecule has 0 amide bonds. The van der Waals surface area contributed by atoms with Gasteiger partial charge in [0.05, 0.1) is 6.54 Å². The first-order valence-corrected chi connectivity index (χ1v) is 8.10. The average molecular weight is 420 g/mol. The molecule has 0 aromatic carbocycles. The van der Waals surface area contributed by atoms with Crippen LogP contribution in [0.2, 0.25) is 0 Å². The largest absolute Gasteiger partial charge is 0.364 e. The summed E-state index contributed by atoms with van der Waals surface area (Å²) >= 11 is 0. The highest BCUT2D eigenvalue weighted by atomic mass is 127. The van der Waals surface area contributed by atoms with Crippen LogP contribution in [-0.2, 0) is 6.54 Å². The van der Waals surface area contributed by atoms with Crippen molar-refractivity contribution in [2.45, 2.75) is 51.5 Å². The van der Waals surface area contributed by atoms with Crippen molar-refractivity contribution < 1.29 is 4.52 Å². The van der Waals surface area contributed by atoms with Gasteiger partial charge in [0.2, 0.25) is 0 Å². The number of nitrogens with one attached hydrogen (secondary N) is 1. The lowest BCUT2D eigenvalue weighted by Crippen LogP contribution is -2.40. The van der Waals surface area contributed by atoms with Crippen molar-refractivity contribution in [3.63, 3.8) is 0 Å². The summed E-state index contributed by atoms with van der Waals surface area (Å²) in [6.07, 6.45) is 11.3. The Morgan fingerprint density at radius 2 is 2.00 bits per heavy atom. The molecule has 5 nitrogen and oxygen atoms in total. The van der Waals surface area contributed by atoms with Crippen LogP contribution in [0.25, 0.3) is 0 Å². The van der Waals surface area contributed by atoms with E-state index in [1.54, 1.807) is 6.26 Å². The first kappa shape index (κ1) is 19.3. The molecule has 22 heavy (non-hydrogen) atoms. The van der Waals surface area contributed by atoms with Gasteiger partial charge < -0.3 is 14.7 Å². The van der Waals surface area contributed by atoms with Crippen LogP contribution in [0.5, 0.6) is 0 Å². The third-order valence-electron chi connectivity index (χ3n) is 4.24. The van der Waals surface area contributed by atoms with E-state index >= 15 is 0 Å². The second kappa shape index (κ2) is 10.9. The molecule has 0 saturated heterocycles. The molecule has 1 aromatic heterocycles. The van der Waals surface area contributed by atoms with Gasteiger partial charge in [-0.2, -0.15) is 0 Å². The van der Waals surface area contributed by atoms with Gasteiger partial charge in [-0.05, 0) is 18.8 Å². The fourth-order valence-corrected chi connectivity index (χ4v) is 3.00. The fraction of sp³-hybridized carbons (Fsp3) is 0.750. The molecule has 2 rings (SSSR count). The Kier molecular flexibility index (Phi) is 9.50. The lowest BCUT2D eigenvalue weighted by atomic mass is 9.91. The molecule has 6 heteroatoms. The van der Waals surface area contributed by atoms with Crippen LogP contribution >= 0.6 is 24.0 Å². The Bertz CT molecular complexity index is 414. The third-order valence-corrected chi connectivity index (χ3v) is 4.24. The Morgan fingerprint density at radius 3 is 2.59 bits per heavy atom. The average Bonchev–Trinajstić information content (AvgIpc) is 2.94. The number of aliphatic imine (C=N–C) groups is 1. The van der Waals surface area contributed by atoms with Crippen LogP contribution in [0.3, 0.4) is 0 Å². The number of hydrogen-bond donors (Lipinski definition) is 1. The minimum Gasteiger partial charge on any atom is -0.364 e. The molecule has 1 aliphatic carbocycles. The van der Waals surface area contributed by atoms with Crippen molar-refractivity contribution >= 4 is 29.9 Å². The van der Waals surface area contributed by atoms with Crippen LogP contribution < -0.4 is 5.32 Å². The molecule has 0 bridgehead atoms. The lowest BCUT2D eigenvalue weighted by molar-refractivity contribution is 0.364. The number of nitrogens with zero attached hydrogens (tertiary/aromatic N) is 3. The first-order chi connectivity index (χ1) is 10.3. The summed E-state index contributed by atoms with van der Waals surface area (Å²) in [5.41, 5.74) is 0.923. The molecule has 1 aliphatic rings. The van der Waals surface area contributed by atoms with E-state index in [0.717, 1.165) is 24.1 Å². The monoisotopic (exact) mass is 420 g/mol. The zero-order valence-electron chi connectivity index (χ0n) is 13.8. The van der Waals surface area contributed by atoms with Crippen molar-refractivity contribution in [1.29, 1.82) is 0 Å². The number of halogens is 1. The number of aromatic nitrogens is 1. The lowest BCUT2D eigenvalue weighted by Gasteiger charge is -2.25. The van der Waals surface area contributed by atoms with Crippen molar-refractivity contribution in [2.24, 2.45) is 10.9 Å². The standard InChI is InChI=1S/C16H28N4O.HI/c1-17-16(20(2)13-15-10-11-21-19-15)18-12-14-8-6-4-3-5-7-9-14;/h10-11,14H,3-9,12-13H2,1-2H3,(H,17,18);1H. The van der Waals surface area contributed by atoms with E-state index in [-0.39, 0.29) is 24.0 Å². The minimum absolute atomic E-state index is 0. The Labute approximate surface area is 150 Å². The predicted octanol–water partition coefficient (Wildman–Crippen LogP) is 3.66. The maximum atomic E-state index is 4.87. The SMILES string of the molecule is CN=C(NCC1CCCCCCC1)N(C)Cc1ccon1.I. The third kappa shape index (κ3) is 6.54. The molecule has 1 saturated carbocycles. The number of hydrogen-bond acceptors (Lipinski definition) is 3. The highest BCUT2D eigenvalue weighted by Gasteiger charge is 2.14. The van der Waals surface area contributed by atoms with Crippen LogP contribution in [0.1, 0.15) is 50.6 Å². The summed E-state index contributed by atoms with van der Waals surface area (Å²) in [5, 5.41) is 7.46. The highest BCUT2D eigenvalue weighted by Crippen LogP contribution is 2.21. The van der Waals surface area contributed by atoms with E-state index in [1.807, 2.05) is 20.2 Å². The van der Waals surface area contributed by atoms with Gasteiger partial charge >= 0.3 is 0 Å². The van der Waals surface area contributed by atoms with Gasteiger partial charge in [-0.15, -0.1) is 24.0 Å². The van der Waals surface area contributed by atoms with Gasteiger partial charge in [0.1, 0.15) is 12.0 Å². The minimum atomic E-state index is 0. The topological polar surface area (TPSA) is 53.7 Å². The van der Waals surface area contributed by atoms with Crippen LogP contribution in [0.4, 0.5) is 0 Å². The van der Waals surface area contributed by atoms with E-state index in [9.17, 15) is 0 Å². The van der Waals surface area contributed by atoms with E-state index in [1.165, 1.54) is 44.9 Å². The molecule has 0 atom stereocenters. The van der Waals surface area contributed by atoms with E-state index in [0.29, 0.717) is 6.54 Å². The van der Waals surface area contributed by atoms with E-state index < -0.39 is 0 Å². The van der Waals surface area contributed by atoms with E-state index in [2.05, 4.69) is 20.4 Å². The van der Waals surface area contributed by atoms with E-state index in [4.69, 9.17) is 4.52 Å². The number of rotatable bonds is 4. The Morgan fingerprint density at radius 1 is 1.32 bits per heavy atom. The molecule has 1 aromatic rings. The maximum absolute atomic E-state index is 4.87. The summed E-state index contributed by atoms with van der Waals surface area (Å²) < 4.78 is 4.87. The zero-order chi connectivity index (χ0) is 14.9. The zero-order valence-corrected chi connectivity index (χ0v) is 16.1. The smallest absolute Gasteiger partial charge is 0.193 e. The van der Waals surface area contributed by atoms with Gasteiger partial charge in [0.25, 0.3) is 0 Å². The molecule has 0 radical (unpaired) electrons. The molecule has 1 fully saturated rings. The molecule has 0 spiro atoms. The van der Waals surface area contributed by atoms with Gasteiger partial charge in [-0.3, -0.25) is 4.99 Å². The molecule has 0 aliphatic heterocycles. The van der Waals surface area contributed by atoms with Crippen molar-refractivity contribution in [3.8, 4) is 0 Å². The second-order valence-electron chi connectivity index (χ2n) is 5.99. The summed E-state index contributed by atoms with van der Waals surface area (Å²) in [6.45, 7) is 1.73. The van der Waals surface area contributed by atoms with Crippen molar-refractivity contribution in [1.82, 2.24) is 15.4 Å². The van der Waals surface area contributed by atoms with Gasteiger partial charge in [-0.1, -0.05) is 37.3 Å². The summed E-state index contributed by atoms with van der Waals surface area (Å²) in [4.78, 5) is 6.45. The molecular formula is C16H29IN4O. The van der Waals surface area contributed by atoms with Crippen molar-refractivity contribution in [3.05, 3.63) is 18.0 Å². The molecule has 126 valence electrons. The fourth-order valence-electron chi connectivity index (χ4n) is 3.00. The van der Waals surface area contributed by atoms with Crippen LogP contribution in [-0.4, -0.2) is 36.7 Å². The Hall–Kier alpha value is -0.790. The summed E-state index contributed by atoms with van der Waals surface area (Å²) in [6, 6.07) is 1.89. The summed E-state index contributed by atoms with van der Waals surface area (Å²) in [5.74, 6) is 1.71. The van der Waals surface area contributed by atoms with Crippen molar-refractivity contribution in [2.75, 3.05) is 20.6 Å². The van der Waals surface area contributed by atoms with Gasteiger partial charge in [0.15, 0.2) is 5.96 Å². The molecule has 0 unspecified atom stereocenters. The Balaban J connectivity index is 0.00000242. The molecular weight excluding hydrogens is 391 g/mol. The van der Waals surface area contributed by atoms with Gasteiger partial charge in [0, 0.05) is 26.7 Å². The summed E-state index contributed by atoms with van der Waals surface area (Å²) in [7, 11) is 3.86. The second-order valence-corrected chi connectivity index (χ2v) is 5.99. The first-order valence-electron chi connectivity index (χ1n) is 8.10. The quantitative estimate of drug-likeness (QED) is 0.459. The normalized spacial score (nSPS) is 17.3. The highest BCUT2D eigenvalue weighted by molar-refractivity contribution is 14.0. The molecule has 1 heterocycles. The van der Waals surface area contributed by atoms with Gasteiger partial charge in [-0.25, -0.2) is 0 Å². The van der Waals surface area contributed by atoms with Crippen LogP contribution in [0.15, 0.2) is 21.8 Å². The molecule has 1 N–H and O–H groups in total.